The van der Waals surface area contributed by atoms with Gasteiger partial charge in [0.2, 0.25) is 0 Å². The summed E-state index contributed by atoms with van der Waals surface area (Å²) in [5.41, 5.74) is 5.16. The zero-order chi connectivity index (χ0) is 14.8. The van der Waals surface area contributed by atoms with Crippen LogP contribution in [0, 0.1) is 13.8 Å². The number of thiophene rings is 1. The lowest BCUT2D eigenvalue weighted by Crippen LogP contribution is -1.95. The first-order chi connectivity index (χ1) is 10.1. The molecule has 0 bridgehead atoms. The lowest BCUT2D eigenvalue weighted by molar-refractivity contribution is 1.19. The van der Waals surface area contributed by atoms with Gasteiger partial charge in [-0.1, -0.05) is 23.7 Å². The first-order valence-electron chi connectivity index (χ1n) is 6.40. The van der Waals surface area contributed by atoms with Crippen LogP contribution in [-0.4, -0.2) is 16.2 Å². The average molecular weight is 317 g/mol. The van der Waals surface area contributed by atoms with Gasteiger partial charge in [-0.3, -0.25) is 5.43 Å². The summed E-state index contributed by atoms with van der Waals surface area (Å²) >= 11 is 7.52. The zero-order valence-electron chi connectivity index (χ0n) is 11.6. The standard InChI is InChI=1S/C15H13ClN4S/c1-9-10(2)21-15-13(9)14(17-8-18-15)20-19-7-11-3-5-12(16)6-4-11/h3-8H,1-2H3,(H,17,18,20). The summed E-state index contributed by atoms with van der Waals surface area (Å²) in [7, 11) is 0. The Morgan fingerprint density at radius 2 is 1.95 bits per heavy atom. The molecule has 0 spiro atoms. The van der Waals surface area contributed by atoms with Crippen molar-refractivity contribution >= 4 is 45.2 Å². The van der Waals surface area contributed by atoms with Crippen LogP contribution in [-0.2, 0) is 0 Å². The fraction of sp³-hybridized carbons (Fsp3) is 0.133. The minimum Gasteiger partial charge on any atom is -0.261 e. The Morgan fingerprint density at radius 3 is 2.71 bits per heavy atom. The van der Waals surface area contributed by atoms with Crippen LogP contribution >= 0.6 is 22.9 Å². The molecule has 0 aliphatic carbocycles. The molecule has 1 aromatic carbocycles. The highest BCUT2D eigenvalue weighted by Crippen LogP contribution is 2.32. The van der Waals surface area contributed by atoms with Crippen molar-refractivity contribution in [2.45, 2.75) is 13.8 Å². The normalized spacial score (nSPS) is 11.4. The molecule has 0 amide bonds. The summed E-state index contributed by atoms with van der Waals surface area (Å²) in [4.78, 5) is 10.8. The van der Waals surface area contributed by atoms with Gasteiger partial charge >= 0.3 is 0 Å². The topological polar surface area (TPSA) is 50.2 Å². The molecule has 0 unspecified atom stereocenters. The van der Waals surface area contributed by atoms with Gasteiger partial charge in [0, 0.05) is 9.90 Å². The van der Waals surface area contributed by atoms with E-state index in [0.29, 0.717) is 5.02 Å². The molecule has 3 aromatic rings. The Bertz CT molecular complexity index is 808. The maximum absolute atomic E-state index is 5.85. The lowest BCUT2D eigenvalue weighted by Gasteiger charge is -2.01. The van der Waals surface area contributed by atoms with Gasteiger partial charge in [-0.25, -0.2) is 9.97 Å². The van der Waals surface area contributed by atoms with E-state index in [2.05, 4.69) is 34.3 Å². The average Bonchev–Trinajstić information content (AvgIpc) is 2.77. The van der Waals surface area contributed by atoms with Crippen LogP contribution < -0.4 is 5.43 Å². The Hall–Kier alpha value is -1.98. The molecule has 21 heavy (non-hydrogen) atoms. The van der Waals surface area contributed by atoms with Crippen LogP contribution in [0.25, 0.3) is 10.2 Å². The smallest absolute Gasteiger partial charge is 0.158 e. The Kier molecular flexibility index (Phi) is 3.86. The van der Waals surface area contributed by atoms with Gasteiger partial charge in [0.15, 0.2) is 5.82 Å². The van der Waals surface area contributed by atoms with Gasteiger partial charge in [0.25, 0.3) is 0 Å². The quantitative estimate of drug-likeness (QED) is 0.575. The molecule has 2 aromatic heterocycles. The highest BCUT2D eigenvalue weighted by Gasteiger charge is 2.10. The van der Waals surface area contributed by atoms with Crippen LogP contribution in [0.5, 0.6) is 0 Å². The van der Waals surface area contributed by atoms with Crippen molar-refractivity contribution in [1.82, 2.24) is 9.97 Å². The molecule has 4 nitrogen and oxygen atoms in total. The summed E-state index contributed by atoms with van der Waals surface area (Å²) in [6, 6.07) is 7.47. The first-order valence-corrected chi connectivity index (χ1v) is 7.60. The van der Waals surface area contributed by atoms with Crippen LogP contribution in [0.1, 0.15) is 16.0 Å². The van der Waals surface area contributed by atoms with E-state index in [4.69, 9.17) is 11.6 Å². The number of aryl methyl sites for hydroxylation is 2. The number of hydrogen-bond acceptors (Lipinski definition) is 5. The third-order valence-electron chi connectivity index (χ3n) is 3.22. The van der Waals surface area contributed by atoms with Gasteiger partial charge < -0.3 is 0 Å². The summed E-state index contributed by atoms with van der Waals surface area (Å²) in [6.45, 7) is 4.16. The van der Waals surface area contributed by atoms with E-state index in [9.17, 15) is 0 Å². The predicted octanol–water partition coefficient (Wildman–Crippen LogP) is 4.41. The summed E-state index contributed by atoms with van der Waals surface area (Å²) in [5.74, 6) is 0.729. The summed E-state index contributed by atoms with van der Waals surface area (Å²) < 4.78 is 0. The van der Waals surface area contributed by atoms with Crippen LogP contribution in [0.3, 0.4) is 0 Å². The molecular weight excluding hydrogens is 304 g/mol. The molecule has 0 saturated heterocycles. The molecule has 6 heteroatoms. The van der Waals surface area contributed by atoms with Crippen LogP contribution in [0.15, 0.2) is 35.7 Å². The second kappa shape index (κ2) is 5.79. The fourth-order valence-corrected chi connectivity index (χ4v) is 3.11. The number of hydrazone groups is 1. The molecule has 0 radical (unpaired) electrons. The molecule has 3 rings (SSSR count). The van der Waals surface area contributed by atoms with E-state index in [0.717, 1.165) is 21.6 Å². The number of anilines is 1. The molecule has 106 valence electrons. The van der Waals surface area contributed by atoms with E-state index in [1.54, 1.807) is 23.9 Å². The number of fused-ring (bicyclic) bond motifs is 1. The van der Waals surface area contributed by atoms with Gasteiger partial charge in [0.1, 0.15) is 11.2 Å². The number of aromatic nitrogens is 2. The number of halogens is 1. The van der Waals surface area contributed by atoms with E-state index in [-0.39, 0.29) is 0 Å². The third kappa shape index (κ3) is 2.89. The van der Waals surface area contributed by atoms with E-state index in [1.807, 2.05) is 24.3 Å². The second-order valence-corrected chi connectivity index (χ2v) is 6.25. The maximum atomic E-state index is 5.85. The number of rotatable bonds is 3. The number of nitrogens with one attached hydrogen (secondary N) is 1. The molecule has 2 heterocycles. The summed E-state index contributed by atoms with van der Waals surface area (Å²) in [6.07, 6.45) is 3.29. The van der Waals surface area contributed by atoms with Crippen molar-refractivity contribution in [2.24, 2.45) is 5.10 Å². The maximum Gasteiger partial charge on any atom is 0.158 e. The second-order valence-electron chi connectivity index (χ2n) is 4.61. The largest absolute Gasteiger partial charge is 0.261 e. The predicted molar refractivity (Wildman–Crippen MR) is 89.6 cm³/mol. The van der Waals surface area contributed by atoms with Crippen molar-refractivity contribution in [1.29, 1.82) is 0 Å². The summed E-state index contributed by atoms with van der Waals surface area (Å²) in [5, 5.41) is 5.98. The molecule has 1 N–H and O–H groups in total. The minimum atomic E-state index is 0.710. The van der Waals surface area contributed by atoms with E-state index >= 15 is 0 Å². The number of benzene rings is 1. The minimum absolute atomic E-state index is 0.710. The fourth-order valence-electron chi connectivity index (χ4n) is 1.98. The first kappa shape index (κ1) is 14.0. The third-order valence-corrected chi connectivity index (χ3v) is 4.59. The Morgan fingerprint density at radius 1 is 1.19 bits per heavy atom. The van der Waals surface area contributed by atoms with Gasteiger partial charge in [-0.05, 0) is 37.1 Å². The zero-order valence-corrected chi connectivity index (χ0v) is 13.2. The van der Waals surface area contributed by atoms with Crippen molar-refractivity contribution in [3.8, 4) is 0 Å². The van der Waals surface area contributed by atoms with Gasteiger partial charge in [0.05, 0.1) is 11.6 Å². The number of nitrogens with zero attached hydrogens (tertiary/aromatic N) is 3. The highest BCUT2D eigenvalue weighted by atomic mass is 35.5. The molecule has 0 aliphatic heterocycles. The Balaban J connectivity index is 1.87. The molecular formula is C15H13ClN4S. The molecule has 0 saturated carbocycles. The van der Waals surface area contributed by atoms with E-state index < -0.39 is 0 Å². The SMILES string of the molecule is Cc1sc2ncnc(NN=Cc3ccc(Cl)cc3)c2c1C. The van der Waals surface area contributed by atoms with Crippen LogP contribution in [0.4, 0.5) is 5.82 Å². The van der Waals surface area contributed by atoms with Crippen molar-refractivity contribution in [3.63, 3.8) is 0 Å². The molecule has 0 atom stereocenters. The molecule has 0 aliphatic rings. The monoisotopic (exact) mass is 316 g/mol. The van der Waals surface area contributed by atoms with Crippen LogP contribution in [0.2, 0.25) is 5.02 Å². The van der Waals surface area contributed by atoms with Gasteiger partial charge in [-0.2, -0.15) is 5.10 Å². The van der Waals surface area contributed by atoms with Gasteiger partial charge in [-0.15, -0.1) is 11.3 Å². The molecule has 0 fully saturated rings. The lowest BCUT2D eigenvalue weighted by atomic mass is 10.2. The Labute approximate surface area is 131 Å². The van der Waals surface area contributed by atoms with Crippen molar-refractivity contribution in [3.05, 3.63) is 51.6 Å². The van der Waals surface area contributed by atoms with E-state index in [1.165, 1.54) is 10.4 Å². The highest BCUT2D eigenvalue weighted by molar-refractivity contribution is 7.18. The van der Waals surface area contributed by atoms with Crippen molar-refractivity contribution in [2.75, 3.05) is 5.43 Å². The number of hydrogen-bond donors (Lipinski definition) is 1. The van der Waals surface area contributed by atoms with Crippen molar-refractivity contribution < 1.29 is 0 Å².